The van der Waals surface area contributed by atoms with Gasteiger partial charge in [0.2, 0.25) is 0 Å². The minimum absolute atomic E-state index is 0.0366. The maximum Gasteiger partial charge on any atom is 0.334 e. The number of carbonyl (C=O) groups is 1. The molecule has 2 aliphatic carbocycles. The van der Waals surface area contributed by atoms with E-state index in [4.69, 9.17) is 9.62 Å². The molecule has 0 bridgehead atoms. The van der Waals surface area contributed by atoms with Crippen LogP contribution in [0.1, 0.15) is 27.2 Å². The quantitative estimate of drug-likeness (QED) is 0.360. The summed E-state index contributed by atoms with van der Waals surface area (Å²) >= 11 is 0. The molecule has 5 atom stereocenters. The van der Waals surface area contributed by atoms with Crippen molar-refractivity contribution >= 4 is 5.97 Å². The van der Waals surface area contributed by atoms with Crippen LogP contribution in [0.25, 0.3) is 0 Å². The smallest absolute Gasteiger partial charge is 0.334 e. The zero-order chi connectivity index (χ0) is 13.7. The average Bonchev–Trinajstić information content (AvgIpc) is 2.67. The minimum Gasteiger partial charge on any atom is -0.454 e. The number of hydrogen-bond acceptors (Lipinski definition) is 4. The fraction of sp³-hybridized carbons (Fsp3) is 0.667. The van der Waals surface area contributed by atoms with Crippen molar-refractivity contribution < 1.29 is 19.7 Å². The maximum absolute atomic E-state index is 11.9. The van der Waals surface area contributed by atoms with Crippen molar-refractivity contribution in [3.05, 3.63) is 23.3 Å². The third-order valence-corrected chi connectivity index (χ3v) is 4.91. The van der Waals surface area contributed by atoms with Gasteiger partial charge in [-0.3, -0.25) is 5.26 Å². The van der Waals surface area contributed by atoms with Gasteiger partial charge in [0.15, 0.2) is 0 Å². The monoisotopic (exact) mass is 264 g/mol. The summed E-state index contributed by atoms with van der Waals surface area (Å²) in [6, 6.07) is 0. The summed E-state index contributed by atoms with van der Waals surface area (Å²) in [5.41, 5.74) is 1.73. The Balaban J connectivity index is 2.08. The molecule has 0 saturated carbocycles. The van der Waals surface area contributed by atoms with E-state index in [-0.39, 0.29) is 30.0 Å². The van der Waals surface area contributed by atoms with Crippen LogP contribution < -0.4 is 0 Å². The Morgan fingerprint density at radius 2 is 2.21 bits per heavy atom. The lowest BCUT2D eigenvalue weighted by Gasteiger charge is -2.44. The molecule has 1 heterocycles. The number of allylic oxidation sites excluding steroid dienone is 1. The van der Waals surface area contributed by atoms with Gasteiger partial charge in [0.25, 0.3) is 0 Å². The molecule has 1 saturated heterocycles. The molecule has 4 nitrogen and oxygen atoms in total. The largest absolute Gasteiger partial charge is 0.454 e. The second-order valence-electron chi connectivity index (χ2n) is 6.21. The lowest BCUT2D eigenvalue weighted by molar-refractivity contribution is -0.290. The van der Waals surface area contributed by atoms with E-state index in [9.17, 15) is 10.1 Å². The van der Waals surface area contributed by atoms with Crippen LogP contribution in [0.2, 0.25) is 0 Å². The molecule has 0 amide bonds. The molecule has 0 aromatic carbocycles. The van der Waals surface area contributed by atoms with E-state index in [1.54, 1.807) is 0 Å². The van der Waals surface area contributed by atoms with Gasteiger partial charge in [-0.25, -0.2) is 9.68 Å². The van der Waals surface area contributed by atoms with Gasteiger partial charge in [0, 0.05) is 17.4 Å². The Morgan fingerprint density at radius 3 is 2.84 bits per heavy atom. The summed E-state index contributed by atoms with van der Waals surface area (Å²) in [4.78, 5) is 16.7. The standard InChI is InChI=1S/C15H20O4/c1-7(2)9-4-5-10-12-11(18-15(10)16)6-8(3)14(19-17)13(9)12/h5-7,9,11-14,17H,4H2,1-3H3/t9-,11+,12+,13+,14+/m1/s1. The molecule has 0 unspecified atom stereocenters. The van der Waals surface area contributed by atoms with Gasteiger partial charge < -0.3 is 4.74 Å². The van der Waals surface area contributed by atoms with Crippen molar-refractivity contribution in [2.45, 2.75) is 39.4 Å². The second kappa shape index (κ2) is 4.46. The summed E-state index contributed by atoms with van der Waals surface area (Å²) < 4.78 is 5.45. The Kier molecular flexibility index (Phi) is 3.02. The Morgan fingerprint density at radius 1 is 1.47 bits per heavy atom. The van der Waals surface area contributed by atoms with Crippen molar-refractivity contribution in [2.24, 2.45) is 23.7 Å². The summed E-state index contributed by atoms with van der Waals surface area (Å²) in [5, 5.41) is 9.27. The number of hydrogen-bond donors (Lipinski definition) is 1. The molecule has 104 valence electrons. The third-order valence-electron chi connectivity index (χ3n) is 4.91. The van der Waals surface area contributed by atoms with Crippen molar-refractivity contribution in [1.29, 1.82) is 0 Å². The molecule has 1 fully saturated rings. The van der Waals surface area contributed by atoms with Crippen LogP contribution in [-0.2, 0) is 14.4 Å². The molecule has 0 aromatic heterocycles. The van der Waals surface area contributed by atoms with E-state index >= 15 is 0 Å². The Labute approximate surface area is 113 Å². The molecule has 3 aliphatic rings. The van der Waals surface area contributed by atoms with Crippen molar-refractivity contribution in [1.82, 2.24) is 0 Å². The Bertz CT molecular complexity index is 463. The van der Waals surface area contributed by atoms with E-state index in [0.717, 1.165) is 17.6 Å². The van der Waals surface area contributed by atoms with Crippen LogP contribution in [0.3, 0.4) is 0 Å². The van der Waals surface area contributed by atoms with Gasteiger partial charge in [-0.15, -0.1) is 0 Å². The SMILES string of the molecule is CC1=C[C@@H]2OC(=O)C3=CC[C@H](C(C)C)[C@@H]([C@@H]32)[C@H]1OO. The van der Waals surface area contributed by atoms with Crippen molar-refractivity contribution in [3.63, 3.8) is 0 Å². The summed E-state index contributed by atoms with van der Waals surface area (Å²) in [7, 11) is 0. The zero-order valence-electron chi connectivity index (χ0n) is 11.5. The van der Waals surface area contributed by atoms with Gasteiger partial charge in [-0.1, -0.05) is 19.9 Å². The first-order valence-corrected chi connectivity index (χ1v) is 6.94. The fourth-order valence-electron chi connectivity index (χ4n) is 3.99. The average molecular weight is 264 g/mol. The fourth-order valence-corrected chi connectivity index (χ4v) is 3.99. The maximum atomic E-state index is 11.9. The highest BCUT2D eigenvalue weighted by atomic mass is 17.1. The van der Waals surface area contributed by atoms with Crippen LogP contribution in [0, 0.1) is 23.7 Å². The number of carbonyl (C=O) groups excluding carboxylic acids is 1. The normalized spacial score (nSPS) is 40.7. The highest BCUT2D eigenvalue weighted by molar-refractivity contribution is 5.92. The molecule has 19 heavy (non-hydrogen) atoms. The Hall–Kier alpha value is -1.13. The molecule has 4 heteroatoms. The summed E-state index contributed by atoms with van der Waals surface area (Å²) in [6.07, 6.45) is 4.28. The van der Waals surface area contributed by atoms with Gasteiger partial charge in [-0.2, -0.15) is 0 Å². The van der Waals surface area contributed by atoms with Crippen LogP contribution in [0.5, 0.6) is 0 Å². The van der Waals surface area contributed by atoms with E-state index in [1.807, 2.05) is 19.1 Å². The molecule has 0 spiro atoms. The zero-order valence-corrected chi connectivity index (χ0v) is 11.5. The van der Waals surface area contributed by atoms with E-state index in [1.165, 1.54) is 0 Å². The molecule has 0 radical (unpaired) electrons. The first-order valence-electron chi connectivity index (χ1n) is 6.94. The van der Waals surface area contributed by atoms with Gasteiger partial charge in [-0.05, 0) is 36.8 Å². The van der Waals surface area contributed by atoms with Crippen LogP contribution in [0.15, 0.2) is 23.3 Å². The second-order valence-corrected chi connectivity index (χ2v) is 6.21. The first-order chi connectivity index (χ1) is 9.04. The highest BCUT2D eigenvalue weighted by Gasteiger charge is 2.54. The van der Waals surface area contributed by atoms with Gasteiger partial charge in [0.1, 0.15) is 12.2 Å². The highest BCUT2D eigenvalue weighted by Crippen LogP contribution is 2.51. The molecular weight excluding hydrogens is 244 g/mol. The number of esters is 1. The predicted molar refractivity (Wildman–Crippen MR) is 69.1 cm³/mol. The van der Waals surface area contributed by atoms with E-state index < -0.39 is 0 Å². The van der Waals surface area contributed by atoms with Crippen molar-refractivity contribution in [2.75, 3.05) is 0 Å². The molecule has 1 N–H and O–H groups in total. The topological polar surface area (TPSA) is 55.8 Å². The van der Waals surface area contributed by atoms with Gasteiger partial charge in [0.05, 0.1) is 0 Å². The molecular formula is C15H20O4. The van der Waals surface area contributed by atoms with Crippen LogP contribution in [-0.4, -0.2) is 23.4 Å². The number of rotatable bonds is 2. The molecule has 1 aliphatic heterocycles. The van der Waals surface area contributed by atoms with Crippen molar-refractivity contribution in [3.8, 4) is 0 Å². The van der Waals surface area contributed by atoms with Crippen LogP contribution >= 0.6 is 0 Å². The number of ether oxygens (including phenoxy) is 1. The lowest BCUT2D eigenvalue weighted by atomic mass is 9.61. The predicted octanol–water partition coefficient (Wildman–Crippen LogP) is 2.56. The lowest BCUT2D eigenvalue weighted by Crippen LogP contribution is -2.46. The summed E-state index contributed by atoms with van der Waals surface area (Å²) in [5.74, 6) is 0.819. The molecule has 0 aromatic rings. The minimum atomic E-state index is -0.327. The molecule has 3 rings (SSSR count). The van der Waals surface area contributed by atoms with Crippen LogP contribution in [0.4, 0.5) is 0 Å². The van der Waals surface area contributed by atoms with E-state index in [0.29, 0.717) is 11.8 Å². The van der Waals surface area contributed by atoms with E-state index in [2.05, 4.69) is 13.8 Å². The van der Waals surface area contributed by atoms with Gasteiger partial charge >= 0.3 is 5.97 Å². The summed E-state index contributed by atoms with van der Waals surface area (Å²) in [6.45, 7) is 6.29. The third kappa shape index (κ3) is 1.77. The first kappa shape index (κ1) is 12.9.